The van der Waals surface area contributed by atoms with Crippen molar-refractivity contribution in [3.05, 3.63) is 0 Å². The number of aliphatic imine (C=N–C) groups is 1. The minimum absolute atomic E-state index is 0. The summed E-state index contributed by atoms with van der Waals surface area (Å²) in [5.41, 5.74) is 0. The molecule has 0 radical (unpaired) electrons. The van der Waals surface area contributed by atoms with Gasteiger partial charge in [0.1, 0.15) is 0 Å². The summed E-state index contributed by atoms with van der Waals surface area (Å²) < 4.78 is -2.12. The van der Waals surface area contributed by atoms with Gasteiger partial charge in [-0.2, -0.15) is 4.99 Å². The van der Waals surface area contributed by atoms with Crippen molar-refractivity contribution < 1.29 is 19.5 Å². The van der Waals surface area contributed by atoms with Crippen LogP contribution in [0, 0.1) is 0 Å². The van der Waals surface area contributed by atoms with Gasteiger partial charge in [-0.3, -0.25) is 4.79 Å². The van der Waals surface area contributed by atoms with E-state index < -0.39 is 16.0 Å². The van der Waals surface area contributed by atoms with Gasteiger partial charge in [0.05, 0.1) is 0 Å². The number of thiol groups is 2. The fourth-order valence-electron chi connectivity index (χ4n) is 0.258. The number of nitrogens with zero attached hydrogens (tertiary/aromatic N) is 1. The van der Waals surface area contributed by atoms with E-state index in [1.165, 1.54) is 0 Å². The summed E-state index contributed by atoms with van der Waals surface area (Å²) in [5, 5.41) is 8.11. The molecule has 5 nitrogen and oxygen atoms in total. The van der Waals surface area contributed by atoms with Crippen molar-refractivity contribution in [1.29, 1.82) is 0 Å². The Hall–Kier alpha value is 0.220. The number of rotatable bonds is 3. The average molecular weight is 217 g/mol. The van der Waals surface area contributed by atoms with Crippen LogP contribution >= 0.6 is 25.3 Å². The minimum atomic E-state index is -2.12. The molecule has 0 aromatic rings. The maximum absolute atomic E-state index is 10.5. The van der Waals surface area contributed by atoms with Crippen LogP contribution in [0.25, 0.3) is 0 Å². The number of carbonyl (C=O) groups is 2. The van der Waals surface area contributed by atoms with Crippen LogP contribution in [0.5, 0.6) is 0 Å². The summed E-state index contributed by atoms with van der Waals surface area (Å²) >= 11 is 6.81. The number of isocyanates is 1. The molecule has 1 N–H and O–H groups in total. The van der Waals surface area contributed by atoms with Crippen molar-refractivity contribution in [2.24, 2.45) is 4.99 Å². The van der Waals surface area contributed by atoms with Crippen LogP contribution in [0.3, 0.4) is 0 Å². The van der Waals surface area contributed by atoms with E-state index in [1.54, 1.807) is 0 Å². The Labute approximate surface area is 101 Å². The van der Waals surface area contributed by atoms with E-state index in [0.717, 1.165) is 6.08 Å². The molecule has 0 spiro atoms. The van der Waals surface area contributed by atoms with Crippen molar-refractivity contribution in [2.45, 2.75) is 4.20 Å². The Morgan fingerprint density at radius 1 is 1.42 bits per heavy atom. The summed E-state index contributed by atoms with van der Waals surface area (Å²) in [5.74, 6) is -3.15. The number of ketones is 1. The number of Topliss-reactive ketones (excluding diaryl/α,β-unsaturated/α-hetero) is 1. The second kappa shape index (κ2) is 5.80. The van der Waals surface area contributed by atoms with Crippen LogP contribution < -0.4 is 0 Å². The fraction of sp³-hybridized carbons (Fsp3) is 0.250. The summed E-state index contributed by atoms with van der Waals surface area (Å²) in [4.78, 5) is 32.9. The van der Waals surface area contributed by atoms with Gasteiger partial charge in [0.15, 0.2) is 0 Å². The van der Waals surface area contributed by atoms with Gasteiger partial charge in [0.2, 0.25) is 10.3 Å². The van der Waals surface area contributed by atoms with Crippen LogP contribution in [0.1, 0.15) is 0 Å². The first kappa shape index (κ1) is 14.7. The molecule has 0 amide bonds. The zero-order valence-electron chi connectivity index (χ0n) is 5.01. The van der Waals surface area contributed by atoms with E-state index in [0.29, 0.717) is 0 Å². The fourth-order valence-corrected chi connectivity index (χ4v) is 0.531. The molecule has 0 saturated heterocycles. The molecule has 0 rings (SSSR count). The van der Waals surface area contributed by atoms with Crippen molar-refractivity contribution in [2.75, 3.05) is 0 Å². The maximum atomic E-state index is 10.5. The Balaban J connectivity index is 0. The molecule has 62 valence electrons. The first-order chi connectivity index (χ1) is 4.91. The zero-order chi connectivity index (χ0) is 9.07. The SMILES string of the molecule is O=C=NC(S)(S)C(=O)C(=O)O.[NaH]. The standard InChI is InChI=1S/C4H3NO4S2.Na.H/c6-1-5-4(10,11)2(7)3(8)9;;/h10-11H,(H,8,9);;. The molecule has 0 atom stereocenters. The molecule has 0 aromatic carbocycles. The molecule has 0 bridgehead atoms. The number of hydrogen-bond donors (Lipinski definition) is 3. The van der Waals surface area contributed by atoms with Gasteiger partial charge in [-0.25, -0.2) is 9.59 Å². The monoisotopic (exact) mass is 217 g/mol. The third kappa shape index (κ3) is 4.30. The second-order valence-corrected chi connectivity index (χ2v) is 3.12. The van der Waals surface area contributed by atoms with Crippen LogP contribution in [-0.4, -0.2) is 56.7 Å². The van der Waals surface area contributed by atoms with Crippen molar-refractivity contribution in [1.82, 2.24) is 0 Å². The van der Waals surface area contributed by atoms with Crippen LogP contribution in [-0.2, 0) is 14.4 Å². The van der Waals surface area contributed by atoms with E-state index >= 15 is 0 Å². The zero-order valence-corrected chi connectivity index (χ0v) is 6.80. The summed E-state index contributed by atoms with van der Waals surface area (Å²) in [6, 6.07) is 0. The molecule has 0 saturated carbocycles. The third-order valence-electron chi connectivity index (χ3n) is 0.700. The predicted molar refractivity (Wildman–Crippen MR) is 48.6 cm³/mol. The average Bonchev–Trinajstić information content (AvgIpc) is 1.86. The van der Waals surface area contributed by atoms with Gasteiger partial charge in [-0.05, 0) is 0 Å². The van der Waals surface area contributed by atoms with Gasteiger partial charge < -0.3 is 5.11 Å². The molecule has 8 heteroatoms. The van der Waals surface area contributed by atoms with E-state index in [2.05, 4.69) is 30.2 Å². The normalized spacial score (nSPS) is 9.17. The first-order valence-corrected chi connectivity index (χ1v) is 3.12. The van der Waals surface area contributed by atoms with Crippen molar-refractivity contribution >= 4 is 72.6 Å². The molecule has 0 unspecified atom stereocenters. The van der Waals surface area contributed by atoms with Crippen LogP contribution in [0.2, 0.25) is 0 Å². The van der Waals surface area contributed by atoms with Gasteiger partial charge in [0, 0.05) is 0 Å². The molecule has 0 aliphatic heterocycles. The Bertz CT molecular complexity index is 247. The molecule has 0 aliphatic carbocycles. The molecule has 0 heterocycles. The molecule has 0 aliphatic rings. The molecule has 12 heavy (non-hydrogen) atoms. The topological polar surface area (TPSA) is 83.8 Å². The van der Waals surface area contributed by atoms with Crippen LogP contribution in [0.15, 0.2) is 4.99 Å². The van der Waals surface area contributed by atoms with Crippen molar-refractivity contribution in [3.63, 3.8) is 0 Å². The van der Waals surface area contributed by atoms with E-state index in [1.807, 2.05) is 0 Å². The van der Waals surface area contributed by atoms with Gasteiger partial charge in [-0.15, -0.1) is 25.3 Å². The molecular formula is C4H4NNaO4S2. The molecule has 0 aromatic heterocycles. The second-order valence-electron chi connectivity index (χ2n) is 1.47. The predicted octanol–water partition coefficient (Wildman–Crippen LogP) is -1.16. The number of carboxylic acids is 1. The number of aliphatic carboxylic acids is 1. The first-order valence-electron chi connectivity index (χ1n) is 2.23. The summed E-state index contributed by atoms with van der Waals surface area (Å²) in [6.45, 7) is 0. The molecule has 0 fully saturated rings. The number of hydrogen-bond acceptors (Lipinski definition) is 6. The summed E-state index contributed by atoms with van der Waals surface area (Å²) in [7, 11) is 0. The Kier molecular flexibility index (Phi) is 7.11. The number of carboxylic acid groups (broad SMARTS) is 1. The van der Waals surface area contributed by atoms with E-state index in [9.17, 15) is 14.4 Å². The third-order valence-corrected chi connectivity index (χ3v) is 1.31. The summed E-state index contributed by atoms with van der Waals surface area (Å²) in [6.07, 6.45) is 0.982. The Morgan fingerprint density at radius 3 is 2.08 bits per heavy atom. The van der Waals surface area contributed by atoms with E-state index in [-0.39, 0.29) is 29.6 Å². The van der Waals surface area contributed by atoms with Crippen LogP contribution in [0.4, 0.5) is 0 Å². The van der Waals surface area contributed by atoms with Crippen molar-refractivity contribution in [3.8, 4) is 0 Å². The van der Waals surface area contributed by atoms with Gasteiger partial charge in [0.25, 0.3) is 5.78 Å². The molecular weight excluding hydrogens is 213 g/mol. The van der Waals surface area contributed by atoms with Gasteiger partial charge in [-0.1, -0.05) is 0 Å². The number of carbonyl (C=O) groups excluding carboxylic acids is 2. The van der Waals surface area contributed by atoms with E-state index in [4.69, 9.17) is 5.11 Å². The Morgan fingerprint density at radius 2 is 1.83 bits per heavy atom. The van der Waals surface area contributed by atoms with Gasteiger partial charge >= 0.3 is 35.5 Å². The quantitative estimate of drug-likeness (QED) is 0.139.